The van der Waals surface area contributed by atoms with Crippen molar-refractivity contribution in [2.24, 2.45) is 0 Å². The van der Waals surface area contributed by atoms with E-state index in [0.29, 0.717) is 0 Å². The molecule has 0 spiro atoms. The molecule has 0 aliphatic heterocycles. The van der Waals surface area contributed by atoms with Crippen LogP contribution in [-0.2, 0) is 5.41 Å². The first kappa shape index (κ1) is 41.0. The highest BCUT2D eigenvalue weighted by atomic mass is 15.1. The van der Waals surface area contributed by atoms with Crippen molar-refractivity contribution in [3.63, 3.8) is 0 Å². The van der Waals surface area contributed by atoms with Gasteiger partial charge < -0.3 is 9.47 Å². The second kappa shape index (κ2) is 16.6. The molecule has 2 nitrogen and oxygen atoms in total. The van der Waals surface area contributed by atoms with Crippen LogP contribution in [0, 0.1) is 0 Å². The molecule has 0 radical (unpaired) electrons. The third kappa shape index (κ3) is 6.42. The minimum Gasteiger partial charge on any atom is -0.309 e. The fraction of sp³-hybridized carbons (Fsp3) is 0.0435. The molecular formula is C69H48N2. The van der Waals surface area contributed by atoms with Crippen LogP contribution in [0.25, 0.3) is 71.3 Å². The van der Waals surface area contributed by atoms with E-state index in [9.17, 15) is 0 Å². The Bertz CT molecular complexity index is 4070. The first-order valence-electron chi connectivity index (χ1n) is 24.9. The highest BCUT2D eigenvalue weighted by Gasteiger charge is 2.46. The summed E-state index contributed by atoms with van der Waals surface area (Å²) in [5.74, 6) is 0. The summed E-state index contributed by atoms with van der Waals surface area (Å²) in [4.78, 5) is 2.48. The summed E-state index contributed by atoms with van der Waals surface area (Å²) in [7, 11) is 0. The third-order valence-corrected chi connectivity index (χ3v) is 15.3. The quantitative estimate of drug-likeness (QED) is 0.147. The minimum absolute atomic E-state index is 0.499. The molecule has 2 aliphatic carbocycles. The van der Waals surface area contributed by atoms with E-state index in [2.05, 4.69) is 276 Å². The molecular weight excluding hydrogens is 857 g/mol. The molecule has 334 valence electrons. The van der Waals surface area contributed by atoms with Gasteiger partial charge in [-0.1, -0.05) is 218 Å². The van der Waals surface area contributed by atoms with Crippen molar-refractivity contribution in [3.8, 4) is 16.8 Å². The van der Waals surface area contributed by atoms with E-state index in [-0.39, 0.29) is 0 Å². The van der Waals surface area contributed by atoms with Crippen LogP contribution in [0.5, 0.6) is 0 Å². The second-order valence-corrected chi connectivity index (χ2v) is 19.0. The summed E-state index contributed by atoms with van der Waals surface area (Å²) in [5, 5.41) is 7.36. The van der Waals surface area contributed by atoms with Gasteiger partial charge in [0.1, 0.15) is 0 Å². The maximum Gasteiger partial charge on any atom is 0.0714 e. The number of nitrogens with zero attached hydrogens (tertiary/aromatic N) is 2. The zero-order valence-corrected chi connectivity index (χ0v) is 39.2. The fourth-order valence-electron chi connectivity index (χ4n) is 12.2. The third-order valence-electron chi connectivity index (χ3n) is 15.3. The Labute approximate surface area is 414 Å². The molecule has 0 saturated carbocycles. The minimum atomic E-state index is -0.499. The lowest BCUT2D eigenvalue weighted by atomic mass is 9.67. The Morgan fingerprint density at radius 1 is 0.352 bits per heavy atom. The maximum absolute atomic E-state index is 2.51. The molecule has 0 unspecified atom stereocenters. The van der Waals surface area contributed by atoms with Gasteiger partial charge in [0.2, 0.25) is 0 Å². The van der Waals surface area contributed by atoms with Crippen LogP contribution < -0.4 is 4.90 Å². The molecule has 2 aliphatic rings. The number of hydrogen-bond acceptors (Lipinski definition) is 1. The number of aromatic nitrogens is 1. The Hall–Kier alpha value is -8.98. The number of rotatable bonds is 8. The summed E-state index contributed by atoms with van der Waals surface area (Å²) < 4.78 is 2.51. The van der Waals surface area contributed by atoms with Gasteiger partial charge in [-0.2, -0.15) is 0 Å². The van der Waals surface area contributed by atoms with Gasteiger partial charge in [-0.25, -0.2) is 0 Å². The Balaban J connectivity index is 0.950. The van der Waals surface area contributed by atoms with Crippen LogP contribution in [0.1, 0.15) is 46.2 Å². The average molecular weight is 905 g/mol. The molecule has 1 heterocycles. The smallest absolute Gasteiger partial charge is 0.0714 e. The largest absolute Gasteiger partial charge is 0.309 e. The lowest BCUT2D eigenvalue weighted by molar-refractivity contribution is 0.767. The standard InChI is InChI=1S/C69H48N2/c1-3-24-51(25-4-1)69(52-26-5-2-6-27-52)63-34-16-13-31-58(63)59-43-41-54(46-64(59)69)71-67-36-18-15-33-61(67)62-42-39-50(45-68(62)71)55-28-11-12-30-57(55)60-32-14-17-35-66(60)70(53-40-38-47-20-7-8-22-49(47)44-53)65-37-19-23-48-21-9-10-29-56(48)65/h1-10,13-46H,11-12H2. The predicted octanol–water partition coefficient (Wildman–Crippen LogP) is 18.2. The van der Waals surface area contributed by atoms with E-state index in [1.165, 1.54) is 99.0 Å². The SMILES string of the molecule is C1=C(c2ccc3c4ccccc4n(-c4ccc5c(c4)C(c4ccccc4)(c4ccccc4)c4ccccc4-5)c3c2)C(c2ccccc2N(c2ccc3ccccc3c2)c2cccc3ccccc23)=CCC1. The van der Waals surface area contributed by atoms with Crippen molar-refractivity contribution in [3.05, 3.63) is 300 Å². The van der Waals surface area contributed by atoms with E-state index in [1.54, 1.807) is 0 Å². The zero-order chi connectivity index (χ0) is 46.9. The molecule has 12 aromatic rings. The first-order valence-corrected chi connectivity index (χ1v) is 24.9. The van der Waals surface area contributed by atoms with E-state index in [1.807, 2.05) is 0 Å². The zero-order valence-electron chi connectivity index (χ0n) is 39.2. The van der Waals surface area contributed by atoms with Crippen LogP contribution in [0.15, 0.2) is 267 Å². The van der Waals surface area contributed by atoms with Crippen molar-refractivity contribution >= 4 is 71.6 Å². The summed E-state index contributed by atoms with van der Waals surface area (Å²) in [6, 6.07) is 94.6. The van der Waals surface area contributed by atoms with E-state index >= 15 is 0 Å². The highest BCUT2D eigenvalue weighted by Crippen LogP contribution is 2.57. The second-order valence-electron chi connectivity index (χ2n) is 19.0. The van der Waals surface area contributed by atoms with Crippen LogP contribution in [0.3, 0.4) is 0 Å². The number of benzene rings is 11. The lowest BCUT2D eigenvalue weighted by Crippen LogP contribution is -2.28. The van der Waals surface area contributed by atoms with Gasteiger partial charge in [-0.15, -0.1) is 0 Å². The van der Waals surface area contributed by atoms with Gasteiger partial charge in [0.15, 0.2) is 0 Å². The van der Waals surface area contributed by atoms with Crippen LogP contribution >= 0.6 is 0 Å². The number of anilines is 3. The summed E-state index contributed by atoms with van der Waals surface area (Å²) in [6.45, 7) is 0. The monoisotopic (exact) mass is 904 g/mol. The molecule has 0 amide bonds. The number of fused-ring (bicyclic) bond motifs is 8. The Morgan fingerprint density at radius 3 is 1.77 bits per heavy atom. The van der Waals surface area contributed by atoms with Gasteiger partial charge in [-0.3, -0.25) is 0 Å². The van der Waals surface area contributed by atoms with Gasteiger partial charge in [0.05, 0.1) is 27.8 Å². The molecule has 0 fully saturated rings. The number of allylic oxidation sites excluding steroid dienone is 4. The summed E-state index contributed by atoms with van der Waals surface area (Å²) in [6.07, 6.45) is 6.90. The van der Waals surface area contributed by atoms with E-state index < -0.39 is 5.41 Å². The molecule has 0 atom stereocenters. The Kier molecular flexibility index (Phi) is 9.60. The molecule has 2 heteroatoms. The van der Waals surface area contributed by atoms with Crippen LogP contribution in [0.2, 0.25) is 0 Å². The molecule has 0 saturated heterocycles. The fourth-order valence-corrected chi connectivity index (χ4v) is 12.2. The van der Waals surface area contributed by atoms with Crippen molar-refractivity contribution in [2.75, 3.05) is 4.90 Å². The molecule has 71 heavy (non-hydrogen) atoms. The normalized spacial score (nSPS) is 13.8. The number of hydrogen-bond donors (Lipinski definition) is 0. The Morgan fingerprint density at radius 2 is 0.958 bits per heavy atom. The van der Waals surface area contributed by atoms with E-state index in [4.69, 9.17) is 0 Å². The van der Waals surface area contributed by atoms with Crippen molar-refractivity contribution in [1.82, 2.24) is 4.57 Å². The molecule has 14 rings (SSSR count). The van der Waals surface area contributed by atoms with Gasteiger partial charge in [-0.05, 0) is 128 Å². The summed E-state index contributed by atoms with van der Waals surface area (Å²) >= 11 is 0. The van der Waals surface area contributed by atoms with Crippen LogP contribution in [-0.4, -0.2) is 4.57 Å². The van der Waals surface area contributed by atoms with Crippen molar-refractivity contribution < 1.29 is 0 Å². The molecule has 1 aromatic heterocycles. The number of para-hydroxylation sites is 2. The van der Waals surface area contributed by atoms with Gasteiger partial charge >= 0.3 is 0 Å². The molecule has 0 bridgehead atoms. The molecule has 0 N–H and O–H groups in total. The van der Waals surface area contributed by atoms with Crippen molar-refractivity contribution in [1.29, 1.82) is 0 Å². The first-order chi connectivity index (χ1) is 35.2. The topological polar surface area (TPSA) is 8.17 Å². The van der Waals surface area contributed by atoms with Crippen LogP contribution in [0.4, 0.5) is 17.1 Å². The van der Waals surface area contributed by atoms with Gasteiger partial charge in [0, 0.05) is 33.1 Å². The summed E-state index contributed by atoms with van der Waals surface area (Å²) in [5.41, 5.74) is 19.1. The van der Waals surface area contributed by atoms with E-state index in [0.717, 1.165) is 35.6 Å². The maximum atomic E-state index is 2.51. The van der Waals surface area contributed by atoms with Gasteiger partial charge in [0.25, 0.3) is 0 Å². The predicted molar refractivity (Wildman–Crippen MR) is 299 cm³/mol. The average Bonchev–Trinajstić information content (AvgIpc) is 3.94. The lowest BCUT2D eigenvalue weighted by Gasteiger charge is -2.34. The molecule has 11 aromatic carbocycles. The highest BCUT2D eigenvalue weighted by molar-refractivity contribution is 6.14. The van der Waals surface area contributed by atoms with Crippen molar-refractivity contribution in [2.45, 2.75) is 18.3 Å².